The molecule has 1 fully saturated rings. The van der Waals surface area contributed by atoms with Crippen molar-refractivity contribution in [1.82, 2.24) is 26.1 Å². The summed E-state index contributed by atoms with van der Waals surface area (Å²) in [4.78, 5) is 38.2. The highest BCUT2D eigenvalue weighted by molar-refractivity contribution is 6.05. The highest BCUT2D eigenvalue weighted by Gasteiger charge is 2.31. The van der Waals surface area contributed by atoms with Gasteiger partial charge in [-0.05, 0) is 12.1 Å². The van der Waals surface area contributed by atoms with Crippen LogP contribution in [0.2, 0.25) is 0 Å². The van der Waals surface area contributed by atoms with Crippen LogP contribution in [-0.4, -0.2) is 34.0 Å². The third-order valence-corrected chi connectivity index (χ3v) is 3.18. The van der Waals surface area contributed by atoms with E-state index in [9.17, 15) is 14.4 Å². The van der Waals surface area contributed by atoms with E-state index in [1.54, 1.807) is 0 Å². The first-order chi connectivity index (χ1) is 11.1. The van der Waals surface area contributed by atoms with Gasteiger partial charge < -0.3 is 15.2 Å². The Labute approximate surface area is 130 Å². The Morgan fingerprint density at radius 1 is 1.26 bits per heavy atom. The average molecular weight is 315 g/mol. The molecule has 2 heterocycles. The second-order valence-electron chi connectivity index (χ2n) is 4.88. The third-order valence-electron chi connectivity index (χ3n) is 3.18. The molecule has 0 radical (unpaired) electrons. The van der Waals surface area contributed by atoms with E-state index >= 15 is 0 Å². The number of imide groups is 1. The molecule has 0 bridgehead atoms. The second-order valence-corrected chi connectivity index (χ2v) is 4.88. The molecule has 0 aliphatic carbocycles. The Morgan fingerprint density at radius 3 is 2.74 bits per heavy atom. The first-order valence-corrected chi connectivity index (χ1v) is 6.88. The number of aromatic nitrogens is 2. The molecule has 9 nitrogen and oxygen atoms in total. The van der Waals surface area contributed by atoms with Gasteiger partial charge in [-0.3, -0.25) is 14.9 Å². The fraction of sp³-hybridized carbons (Fsp3) is 0.214. The molecule has 9 heteroatoms. The number of carbonyl (C=O) groups is 3. The quantitative estimate of drug-likeness (QED) is 0.664. The fourth-order valence-electron chi connectivity index (χ4n) is 2.06. The zero-order valence-corrected chi connectivity index (χ0v) is 11.9. The zero-order chi connectivity index (χ0) is 16.2. The number of urea groups is 1. The maximum atomic E-state index is 11.8. The molecule has 118 valence electrons. The van der Waals surface area contributed by atoms with Crippen LogP contribution in [0, 0.1) is 0 Å². The number of hydrogen-bond acceptors (Lipinski definition) is 6. The normalized spacial score (nSPS) is 16.8. The van der Waals surface area contributed by atoms with Crippen molar-refractivity contribution >= 4 is 17.8 Å². The van der Waals surface area contributed by atoms with Crippen LogP contribution < -0.4 is 16.0 Å². The maximum Gasteiger partial charge on any atom is 0.322 e. The predicted molar refractivity (Wildman–Crippen MR) is 76.7 cm³/mol. The van der Waals surface area contributed by atoms with Crippen LogP contribution in [0.25, 0.3) is 11.5 Å². The molecule has 1 saturated heterocycles. The van der Waals surface area contributed by atoms with E-state index in [0.29, 0.717) is 11.7 Å². The van der Waals surface area contributed by atoms with Gasteiger partial charge in [0, 0.05) is 5.56 Å². The summed E-state index contributed by atoms with van der Waals surface area (Å²) in [6.07, 6.45) is -0.152. The van der Waals surface area contributed by atoms with Gasteiger partial charge in [0.05, 0.1) is 13.0 Å². The van der Waals surface area contributed by atoms with E-state index < -0.39 is 23.9 Å². The first-order valence-electron chi connectivity index (χ1n) is 6.88. The van der Waals surface area contributed by atoms with Gasteiger partial charge >= 0.3 is 6.03 Å². The SMILES string of the molecule is O=C(C[C@H]1NC(=O)NC1=O)NCc1noc(-c2ccccc2)n1. The smallest absolute Gasteiger partial charge is 0.322 e. The van der Waals surface area contributed by atoms with Crippen LogP contribution in [0.5, 0.6) is 0 Å². The Morgan fingerprint density at radius 2 is 2.04 bits per heavy atom. The molecule has 23 heavy (non-hydrogen) atoms. The maximum absolute atomic E-state index is 11.8. The molecular formula is C14H13N5O4. The first kappa shape index (κ1) is 14.7. The molecule has 1 aliphatic rings. The zero-order valence-electron chi connectivity index (χ0n) is 11.9. The topological polar surface area (TPSA) is 126 Å². The van der Waals surface area contributed by atoms with Gasteiger partial charge in [0.15, 0.2) is 5.82 Å². The van der Waals surface area contributed by atoms with Crippen LogP contribution in [-0.2, 0) is 16.1 Å². The minimum Gasteiger partial charge on any atom is -0.349 e. The number of nitrogens with one attached hydrogen (secondary N) is 3. The van der Waals surface area contributed by atoms with Crippen LogP contribution in [0.1, 0.15) is 12.2 Å². The number of benzene rings is 1. The molecular weight excluding hydrogens is 302 g/mol. The minimum absolute atomic E-state index is 0.0669. The van der Waals surface area contributed by atoms with Gasteiger partial charge in [-0.25, -0.2) is 4.79 Å². The molecule has 1 aromatic heterocycles. The Balaban J connectivity index is 1.53. The molecule has 0 unspecified atom stereocenters. The number of nitrogens with zero attached hydrogens (tertiary/aromatic N) is 2. The lowest BCUT2D eigenvalue weighted by Gasteiger charge is -2.06. The van der Waals surface area contributed by atoms with Gasteiger partial charge in [-0.1, -0.05) is 23.4 Å². The summed E-state index contributed by atoms with van der Waals surface area (Å²) in [5, 5.41) is 10.8. The van der Waals surface area contributed by atoms with E-state index in [0.717, 1.165) is 5.56 Å². The van der Waals surface area contributed by atoms with Crippen molar-refractivity contribution in [3.8, 4) is 11.5 Å². The fourth-order valence-corrected chi connectivity index (χ4v) is 2.06. The van der Waals surface area contributed by atoms with Crippen molar-refractivity contribution in [3.63, 3.8) is 0 Å². The minimum atomic E-state index is -0.854. The lowest BCUT2D eigenvalue weighted by Crippen LogP contribution is -2.36. The Kier molecular flexibility index (Phi) is 4.00. The second kappa shape index (κ2) is 6.26. The average Bonchev–Trinajstić information content (AvgIpc) is 3.13. The van der Waals surface area contributed by atoms with Crippen molar-refractivity contribution < 1.29 is 18.9 Å². The molecule has 4 amide bonds. The highest BCUT2D eigenvalue weighted by Crippen LogP contribution is 2.15. The Hall–Kier alpha value is -3.23. The largest absolute Gasteiger partial charge is 0.349 e. The van der Waals surface area contributed by atoms with Gasteiger partial charge in [-0.2, -0.15) is 4.98 Å². The molecule has 2 aromatic rings. The van der Waals surface area contributed by atoms with Gasteiger partial charge in [0.2, 0.25) is 5.91 Å². The summed E-state index contributed by atoms with van der Waals surface area (Å²) in [7, 11) is 0. The van der Waals surface area contributed by atoms with Crippen molar-refractivity contribution in [2.45, 2.75) is 19.0 Å². The van der Waals surface area contributed by atoms with E-state index in [2.05, 4.69) is 26.1 Å². The molecule has 1 aliphatic heterocycles. The van der Waals surface area contributed by atoms with Gasteiger partial charge in [0.25, 0.3) is 11.8 Å². The van der Waals surface area contributed by atoms with Crippen LogP contribution >= 0.6 is 0 Å². The van der Waals surface area contributed by atoms with Crippen LogP contribution in [0.4, 0.5) is 4.79 Å². The molecule has 1 aromatic carbocycles. The van der Waals surface area contributed by atoms with E-state index in [1.165, 1.54) is 0 Å². The summed E-state index contributed by atoms with van der Waals surface area (Å²) in [6, 6.07) is 7.78. The van der Waals surface area contributed by atoms with Crippen molar-refractivity contribution in [2.75, 3.05) is 0 Å². The number of carbonyl (C=O) groups excluding carboxylic acids is 3. The summed E-state index contributed by atoms with van der Waals surface area (Å²) >= 11 is 0. The summed E-state index contributed by atoms with van der Waals surface area (Å²) in [5.74, 6) is -0.246. The standard InChI is InChI=1S/C14H13N5O4/c20-11(6-9-12(21)18-14(22)16-9)15-7-10-17-13(23-19-10)8-4-2-1-3-5-8/h1-5,9H,6-7H2,(H,15,20)(H2,16,18,21,22)/t9-/m1/s1. The summed E-state index contributed by atoms with van der Waals surface area (Å²) in [6.45, 7) is 0.0669. The van der Waals surface area contributed by atoms with Crippen LogP contribution in [0.3, 0.4) is 0 Å². The lowest BCUT2D eigenvalue weighted by atomic mass is 10.2. The van der Waals surface area contributed by atoms with Crippen molar-refractivity contribution in [2.24, 2.45) is 0 Å². The van der Waals surface area contributed by atoms with Crippen molar-refractivity contribution in [3.05, 3.63) is 36.2 Å². The third kappa shape index (κ3) is 3.51. The monoisotopic (exact) mass is 315 g/mol. The van der Waals surface area contributed by atoms with E-state index in [-0.39, 0.29) is 13.0 Å². The molecule has 3 rings (SSSR count). The van der Waals surface area contributed by atoms with Crippen LogP contribution in [0.15, 0.2) is 34.9 Å². The van der Waals surface area contributed by atoms with Crippen molar-refractivity contribution in [1.29, 1.82) is 0 Å². The van der Waals surface area contributed by atoms with Gasteiger partial charge in [0.1, 0.15) is 6.04 Å². The molecule has 1 atom stereocenters. The number of hydrogen-bond donors (Lipinski definition) is 3. The molecule has 0 saturated carbocycles. The highest BCUT2D eigenvalue weighted by atomic mass is 16.5. The number of rotatable bonds is 5. The summed E-state index contributed by atoms with van der Waals surface area (Å²) < 4.78 is 5.11. The molecule has 0 spiro atoms. The number of amides is 4. The van der Waals surface area contributed by atoms with E-state index in [4.69, 9.17) is 4.52 Å². The molecule has 3 N–H and O–H groups in total. The van der Waals surface area contributed by atoms with E-state index in [1.807, 2.05) is 30.3 Å². The van der Waals surface area contributed by atoms with Gasteiger partial charge in [-0.15, -0.1) is 0 Å². The lowest BCUT2D eigenvalue weighted by molar-refractivity contribution is -0.126. The Bertz CT molecular complexity index is 743. The predicted octanol–water partition coefficient (Wildman–Crippen LogP) is -0.0491. The summed E-state index contributed by atoms with van der Waals surface area (Å²) in [5.41, 5.74) is 0.780.